The molecule has 0 aromatic carbocycles. The van der Waals surface area contributed by atoms with Crippen LogP contribution in [0.1, 0.15) is 5.56 Å². The molecule has 4 heteroatoms. The van der Waals surface area contributed by atoms with Gasteiger partial charge in [-0.15, -0.1) is 5.10 Å². The lowest BCUT2D eigenvalue weighted by Gasteiger charge is -2.28. The molecule has 0 atom stereocenters. The summed E-state index contributed by atoms with van der Waals surface area (Å²) in [6.07, 6.45) is 1.75. The summed E-state index contributed by atoms with van der Waals surface area (Å²) >= 11 is 0. The topological polar surface area (TPSA) is 49.8 Å². The highest BCUT2D eigenvalue weighted by molar-refractivity contribution is 5.37. The molecular formula is C8H12N4. The molecule has 0 bridgehead atoms. The summed E-state index contributed by atoms with van der Waals surface area (Å²) in [4.78, 5) is 0. The Morgan fingerprint density at radius 3 is 3.00 bits per heavy atom. The minimum Gasteiger partial charge on any atom is -0.363 e. The van der Waals surface area contributed by atoms with Crippen molar-refractivity contribution in [3.63, 3.8) is 0 Å². The number of nitrogens with one attached hydrogen (secondary N) is 2. The zero-order valence-electron chi connectivity index (χ0n) is 7.04. The molecule has 1 aromatic heterocycles. The van der Waals surface area contributed by atoms with Crippen molar-refractivity contribution in [2.24, 2.45) is 0 Å². The highest BCUT2D eigenvalue weighted by Gasteiger charge is 2.16. The van der Waals surface area contributed by atoms with Gasteiger partial charge in [0.05, 0.1) is 12.2 Å². The zero-order chi connectivity index (χ0) is 8.39. The van der Waals surface area contributed by atoms with Crippen molar-refractivity contribution in [2.45, 2.75) is 13.0 Å². The molecule has 0 saturated carbocycles. The molecule has 1 aliphatic heterocycles. The van der Waals surface area contributed by atoms with Gasteiger partial charge in [-0.25, -0.2) is 0 Å². The number of aryl methyl sites for hydroxylation is 1. The third kappa shape index (κ3) is 1.53. The fraction of sp³-hybridized carbons (Fsp3) is 0.500. The molecule has 2 rings (SSSR count). The summed E-state index contributed by atoms with van der Waals surface area (Å²) in [5.74, 6) is 0.876. The predicted octanol–water partition coefficient (Wildman–Crippen LogP) is 0.169. The van der Waals surface area contributed by atoms with E-state index >= 15 is 0 Å². The molecule has 0 aliphatic carbocycles. The van der Waals surface area contributed by atoms with Crippen molar-refractivity contribution in [3.05, 3.63) is 17.8 Å². The standard InChI is InChI=1S/C8H12N4/c1-6-2-8(12-10-3-6)11-7-4-9-5-7/h2-3,7,9H,4-5H2,1H3,(H,11,12). The first-order valence-corrected chi connectivity index (χ1v) is 4.11. The number of hydrogen-bond acceptors (Lipinski definition) is 4. The summed E-state index contributed by atoms with van der Waals surface area (Å²) < 4.78 is 0. The summed E-state index contributed by atoms with van der Waals surface area (Å²) in [7, 11) is 0. The Bertz CT molecular complexity index is 270. The van der Waals surface area contributed by atoms with Gasteiger partial charge >= 0.3 is 0 Å². The lowest BCUT2D eigenvalue weighted by Crippen LogP contribution is -2.51. The van der Waals surface area contributed by atoms with E-state index in [1.54, 1.807) is 6.20 Å². The van der Waals surface area contributed by atoms with Gasteiger partial charge < -0.3 is 10.6 Å². The van der Waals surface area contributed by atoms with Crippen LogP contribution in [0, 0.1) is 6.92 Å². The lowest BCUT2D eigenvalue weighted by atomic mass is 10.2. The Hall–Kier alpha value is -1.16. The second-order valence-electron chi connectivity index (χ2n) is 3.12. The lowest BCUT2D eigenvalue weighted by molar-refractivity contribution is 0.470. The van der Waals surface area contributed by atoms with Gasteiger partial charge in [-0.05, 0) is 18.6 Å². The second kappa shape index (κ2) is 3.06. The average molecular weight is 164 g/mol. The summed E-state index contributed by atoms with van der Waals surface area (Å²) in [6.45, 7) is 4.06. The minimum absolute atomic E-state index is 0.529. The molecule has 1 aliphatic rings. The van der Waals surface area contributed by atoms with Crippen LogP contribution in [0.15, 0.2) is 12.3 Å². The third-order valence-electron chi connectivity index (χ3n) is 1.92. The van der Waals surface area contributed by atoms with Crippen LogP contribution in [-0.2, 0) is 0 Å². The van der Waals surface area contributed by atoms with E-state index in [4.69, 9.17) is 0 Å². The van der Waals surface area contributed by atoms with Crippen molar-refractivity contribution in [1.82, 2.24) is 15.5 Å². The van der Waals surface area contributed by atoms with Gasteiger partial charge in [0, 0.05) is 13.1 Å². The number of nitrogens with zero attached hydrogens (tertiary/aromatic N) is 2. The van der Waals surface area contributed by atoms with Gasteiger partial charge in [0.15, 0.2) is 0 Å². The molecule has 12 heavy (non-hydrogen) atoms. The molecule has 0 amide bonds. The van der Waals surface area contributed by atoms with Crippen molar-refractivity contribution < 1.29 is 0 Å². The van der Waals surface area contributed by atoms with Crippen molar-refractivity contribution >= 4 is 5.82 Å². The number of aromatic nitrogens is 2. The van der Waals surface area contributed by atoms with Crippen LogP contribution in [0.25, 0.3) is 0 Å². The molecule has 0 spiro atoms. The first-order valence-electron chi connectivity index (χ1n) is 4.11. The fourth-order valence-electron chi connectivity index (χ4n) is 1.13. The predicted molar refractivity (Wildman–Crippen MR) is 47.0 cm³/mol. The van der Waals surface area contributed by atoms with Crippen LogP contribution in [0.5, 0.6) is 0 Å². The largest absolute Gasteiger partial charge is 0.363 e. The first kappa shape index (κ1) is 7.49. The van der Waals surface area contributed by atoms with E-state index in [0.717, 1.165) is 24.5 Å². The van der Waals surface area contributed by atoms with Crippen molar-refractivity contribution in [1.29, 1.82) is 0 Å². The molecule has 2 heterocycles. The van der Waals surface area contributed by atoms with E-state index < -0.39 is 0 Å². The van der Waals surface area contributed by atoms with Crippen LogP contribution in [0.4, 0.5) is 5.82 Å². The summed E-state index contributed by atoms with van der Waals surface area (Å²) in [5.41, 5.74) is 1.14. The maximum atomic E-state index is 3.97. The molecule has 0 radical (unpaired) electrons. The van der Waals surface area contributed by atoms with Gasteiger partial charge in [0.1, 0.15) is 5.82 Å². The molecular weight excluding hydrogens is 152 g/mol. The Labute approximate surface area is 71.4 Å². The molecule has 1 aromatic rings. The average Bonchev–Trinajstić information content (AvgIpc) is 1.97. The normalized spacial score (nSPS) is 17.1. The molecule has 1 saturated heterocycles. The van der Waals surface area contributed by atoms with Gasteiger partial charge in [-0.3, -0.25) is 0 Å². The van der Waals surface area contributed by atoms with Crippen LogP contribution < -0.4 is 10.6 Å². The summed E-state index contributed by atoms with van der Waals surface area (Å²) in [6, 6.07) is 2.53. The van der Waals surface area contributed by atoms with E-state index in [1.807, 2.05) is 13.0 Å². The van der Waals surface area contributed by atoms with Crippen LogP contribution in [0.2, 0.25) is 0 Å². The number of rotatable bonds is 2. The van der Waals surface area contributed by atoms with Crippen LogP contribution in [-0.4, -0.2) is 29.3 Å². The first-order chi connectivity index (χ1) is 5.84. The second-order valence-corrected chi connectivity index (χ2v) is 3.12. The van der Waals surface area contributed by atoms with E-state index in [9.17, 15) is 0 Å². The van der Waals surface area contributed by atoms with Crippen LogP contribution >= 0.6 is 0 Å². The molecule has 64 valence electrons. The maximum absolute atomic E-state index is 3.97. The van der Waals surface area contributed by atoms with Gasteiger partial charge in [-0.2, -0.15) is 5.10 Å². The molecule has 4 nitrogen and oxygen atoms in total. The SMILES string of the molecule is Cc1cnnc(NC2CNC2)c1. The van der Waals surface area contributed by atoms with E-state index in [1.165, 1.54) is 0 Å². The molecule has 1 fully saturated rings. The number of hydrogen-bond donors (Lipinski definition) is 2. The highest BCUT2D eigenvalue weighted by atomic mass is 15.2. The van der Waals surface area contributed by atoms with Crippen molar-refractivity contribution in [3.8, 4) is 0 Å². The fourth-order valence-corrected chi connectivity index (χ4v) is 1.13. The maximum Gasteiger partial charge on any atom is 0.149 e. The van der Waals surface area contributed by atoms with E-state index in [0.29, 0.717) is 6.04 Å². The Morgan fingerprint density at radius 1 is 1.58 bits per heavy atom. The number of anilines is 1. The third-order valence-corrected chi connectivity index (χ3v) is 1.92. The Morgan fingerprint density at radius 2 is 2.42 bits per heavy atom. The quantitative estimate of drug-likeness (QED) is 0.654. The van der Waals surface area contributed by atoms with Crippen LogP contribution in [0.3, 0.4) is 0 Å². The van der Waals surface area contributed by atoms with E-state index in [2.05, 4.69) is 20.8 Å². The van der Waals surface area contributed by atoms with Crippen molar-refractivity contribution in [2.75, 3.05) is 18.4 Å². The summed E-state index contributed by atoms with van der Waals surface area (Å²) in [5, 5.41) is 14.3. The Kier molecular flexibility index (Phi) is 1.91. The Balaban J connectivity index is 2.02. The van der Waals surface area contributed by atoms with Gasteiger partial charge in [-0.1, -0.05) is 0 Å². The van der Waals surface area contributed by atoms with E-state index in [-0.39, 0.29) is 0 Å². The van der Waals surface area contributed by atoms with Gasteiger partial charge in [0.25, 0.3) is 0 Å². The molecule has 2 N–H and O–H groups in total. The smallest absolute Gasteiger partial charge is 0.149 e. The minimum atomic E-state index is 0.529. The zero-order valence-corrected chi connectivity index (χ0v) is 7.04. The van der Waals surface area contributed by atoms with Gasteiger partial charge in [0.2, 0.25) is 0 Å². The monoisotopic (exact) mass is 164 g/mol. The highest BCUT2D eigenvalue weighted by Crippen LogP contribution is 2.06. The molecule has 0 unspecified atom stereocenters.